The summed E-state index contributed by atoms with van der Waals surface area (Å²) < 4.78 is 13.9. The average molecular weight is 300 g/mol. The Balaban J connectivity index is 2.99. The van der Waals surface area contributed by atoms with Gasteiger partial charge < -0.3 is 15.1 Å². The van der Waals surface area contributed by atoms with Crippen molar-refractivity contribution in [3.63, 3.8) is 0 Å². The second-order valence-corrected chi connectivity index (χ2v) is 4.59. The molecule has 0 radical (unpaired) electrons. The predicted molar refractivity (Wildman–Crippen MR) is 74.2 cm³/mol. The van der Waals surface area contributed by atoms with E-state index in [1.165, 1.54) is 4.90 Å². The first-order valence-electron chi connectivity index (χ1n) is 6.41. The molecular formula is C13H17FN2O5. The quantitative estimate of drug-likeness (QED) is 0.432. The van der Waals surface area contributed by atoms with Gasteiger partial charge in [0.1, 0.15) is 5.56 Å². The van der Waals surface area contributed by atoms with Crippen molar-refractivity contribution in [3.8, 4) is 0 Å². The summed E-state index contributed by atoms with van der Waals surface area (Å²) in [6.45, 7) is 0.534. The number of carboxylic acid groups (broad SMARTS) is 1. The van der Waals surface area contributed by atoms with Crippen molar-refractivity contribution in [3.05, 3.63) is 33.6 Å². The zero-order valence-electron chi connectivity index (χ0n) is 11.6. The molecule has 8 heteroatoms. The summed E-state index contributed by atoms with van der Waals surface area (Å²) in [6, 6.07) is 1.60. The minimum Gasteiger partial charge on any atom is -0.477 e. The van der Waals surface area contributed by atoms with Gasteiger partial charge >= 0.3 is 5.97 Å². The van der Waals surface area contributed by atoms with E-state index in [0.29, 0.717) is 25.5 Å². The van der Waals surface area contributed by atoms with Crippen LogP contribution in [0, 0.1) is 15.9 Å². The van der Waals surface area contributed by atoms with E-state index >= 15 is 0 Å². The highest BCUT2D eigenvalue weighted by molar-refractivity contribution is 5.93. The van der Waals surface area contributed by atoms with E-state index in [1.807, 2.05) is 0 Å². The summed E-state index contributed by atoms with van der Waals surface area (Å²) in [5.74, 6) is -2.31. The molecule has 0 aromatic heterocycles. The van der Waals surface area contributed by atoms with E-state index in [9.17, 15) is 19.3 Å². The molecule has 1 rings (SSSR count). The van der Waals surface area contributed by atoms with Crippen LogP contribution in [0.25, 0.3) is 0 Å². The number of halogens is 1. The van der Waals surface area contributed by atoms with Gasteiger partial charge in [-0.05, 0) is 25.3 Å². The molecule has 0 heterocycles. The number of hydrogen-bond acceptors (Lipinski definition) is 5. The number of nitro groups is 1. The molecule has 0 unspecified atom stereocenters. The monoisotopic (exact) mass is 300 g/mol. The number of anilines is 1. The molecule has 1 aromatic carbocycles. The highest BCUT2D eigenvalue weighted by Gasteiger charge is 2.24. The molecule has 21 heavy (non-hydrogen) atoms. The van der Waals surface area contributed by atoms with E-state index in [1.54, 1.807) is 7.05 Å². The first-order valence-corrected chi connectivity index (χ1v) is 6.41. The topological polar surface area (TPSA) is 104 Å². The van der Waals surface area contributed by atoms with Gasteiger partial charge in [0.2, 0.25) is 0 Å². The van der Waals surface area contributed by atoms with Crippen LogP contribution in [0.4, 0.5) is 15.8 Å². The van der Waals surface area contributed by atoms with E-state index in [0.717, 1.165) is 12.5 Å². The Bertz CT molecular complexity index is 536. The Morgan fingerprint density at radius 1 is 1.38 bits per heavy atom. The fraction of sp³-hybridized carbons (Fsp3) is 0.462. The van der Waals surface area contributed by atoms with E-state index in [2.05, 4.69) is 0 Å². The fourth-order valence-electron chi connectivity index (χ4n) is 1.92. The van der Waals surface area contributed by atoms with Gasteiger partial charge in [0.25, 0.3) is 5.69 Å². The molecule has 0 saturated carbocycles. The first kappa shape index (κ1) is 16.8. The van der Waals surface area contributed by atoms with E-state index in [4.69, 9.17) is 10.2 Å². The lowest BCUT2D eigenvalue weighted by atomic mass is 10.1. The Hall–Kier alpha value is -2.22. The van der Waals surface area contributed by atoms with Crippen molar-refractivity contribution in [1.82, 2.24) is 0 Å². The lowest BCUT2D eigenvalue weighted by Gasteiger charge is -2.20. The summed E-state index contributed by atoms with van der Waals surface area (Å²) in [6.07, 6.45) is 2.08. The maximum absolute atomic E-state index is 13.9. The molecule has 0 amide bonds. The lowest BCUT2D eigenvalue weighted by Crippen LogP contribution is -2.20. The van der Waals surface area contributed by atoms with Crippen molar-refractivity contribution in [2.24, 2.45) is 0 Å². The highest BCUT2D eigenvalue weighted by atomic mass is 19.1. The third-order valence-corrected chi connectivity index (χ3v) is 3.06. The smallest absolute Gasteiger partial charge is 0.342 e. The Labute approximate surface area is 120 Å². The van der Waals surface area contributed by atoms with Crippen LogP contribution in [0.2, 0.25) is 0 Å². The Morgan fingerprint density at radius 2 is 2.05 bits per heavy atom. The van der Waals surface area contributed by atoms with Gasteiger partial charge in [-0.2, -0.15) is 0 Å². The molecule has 0 aliphatic rings. The third-order valence-electron chi connectivity index (χ3n) is 3.06. The SMILES string of the molecule is CN(CCCCCO)c1cc(C(=O)O)c([N+](=O)[O-])cc1F. The maximum atomic E-state index is 13.9. The van der Waals surface area contributed by atoms with Crippen molar-refractivity contribution >= 4 is 17.3 Å². The van der Waals surface area contributed by atoms with Crippen LogP contribution in [-0.2, 0) is 0 Å². The van der Waals surface area contributed by atoms with Crippen molar-refractivity contribution in [2.75, 3.05) is 25.1 Å². The van der Waals surface area contributed by atoms with Gasteiger partial charge in [-0.15, -0.1) is 0 Å². The molecule has 7 nitrogen and oxygen atoms in total. The molecule has 0 atom stereocenters. The summed E-state index contributed by atoms with van der Waals surface area (Å²) in [4.78, 5) is 22.4. The van der Waals surface area contributed by atoms with Gasteiger partial charge in [-0.25, -0.2) is 9.18 Å². The van der Waals surface area contributed by atoms with Crippen LogP contribution in [0.1, 0.15) is 29.6 Å². The van der Waals surface area contributed by atoms with Gasteiger partial charge in [0, 0.05) is 20.2 Å². The van der Waals surface area contributed by atoms with Crippen LogP contribution < -0.4 is 4.90 Å². The Morgan fingerprint density at radius 3 is 2.57 bits per heavy atom. The number of aliphatic hydroxyl groups is 1. The van der Waals surface area contributed by atoms with E-state index in [-0.39, 0.29) is 12.3 Å². The van der Waals surface area contributed by atoms with Gasteiger partial charge in [0.05, 0.1) is 16.7 Å². The standard InChI is InChI=1S/C13H17FN2O5/c1-15(5-3-2-4-6-17)12-7-9(13(18)19)11(16(20)21)8-10(12)14/h7-8,17H,2-6H2,1H3,(H,18,19). The van der Waals surface area contributed by atoms with E-state index < -0.39 is 28.0 Å². The van der Waals surface area contributed by atoms with Crippen LogP contribution >= 0.6 is 0 Å². The summed E-state index contributed by atoms with van der Waals surface area (Å²) in [7, 11) is 1.58. The number of aromatic carboxylic acids is 1. The average Bonchev–Trinajstić information content (AvgIpc) is 2.42. The normalized spacial score (nSPS) is 10.4. The third kappa shape index (κ3) is 4.38. The number of nitro benzene ring substituents is 1. The fourth-order valence-corrected chi connectivity index (χ4v) is 1.92. The molecule has 0 bridgehead atoms. The van der Waals surface area contributed by atoms with Crippen molar-refractivity contribution < 1.29 is 24.3 Å². The Kier molecular flexibility index (Phi) is 6.04. The number of benzene rings is 1. The molecule has 116 valence electrons. The molecule has 2 N–H and O–H groups in total. The number of carbonyl (C=O) groups is 1. The maximum Gasteiger partial charge on any atom is 0.342 e. The molecular weight excluding hydrogens is 283 g/mol. The predicted octanol–water partition coefficient (Wildman–Crippen LogP) is 2.03. The molecule has 0 aliphatic heterocycles. The van der Waals surface area contributed by atoms with Crippen LogP contribution in [0.5, 0.6) is 0 Å². The number of aliphatic hydroxyl groups excluding tert-OH is 1. The molecule has 1 aromatic rings. The molecule has 0 fully saturated rings. The minimum atomic E-state index is -1.48. The lowest BCUT2D eigenvalue weighted by molar-refractivity contribution is -0.385. The molecule has 0 spiro atoms. The first-order chi connectivity index (χ1) is 9.88. The summed E-state index contributed by atoms with van der Waals surface area (Å²) in [5.41, 5.74) is -1.31. The number of nitrogens with zero attached hydrogens (tertiary/aromatic N) is 2. The largest absolute Gasteiger partial charge is 0.477 e. The number of unbranched alkanes of at least 4 members (excludes halogenated alkanes) is 2. The van der Waals surface area contributed by atoms with Gasteiger partial charge in [-0.3, -0.25) is 10.1 Å². The number of carboxylic acids is 1. The number of rotatable bonds is 8. The summed E-state index contributed by atoms with van der Waals surface area (Å²) in [5, 5.41) is 28.4. The van der Waals surface area contributed by atoms with Gasteiger partial charge in [0.15, 0.2) is 5.82 Å². The highest BCUT2D eigenvalue weighted by Crippen LogP contribution is 2.28. The minimum absolute atomic E-state index is 0.00185. The number of hydrogen-bond donors (Lipinski definition) is 2. The van der Waals surface area contributed by atoms with Gasteiger partial charge in [-0.1, -0.05) is 0 Å². The summed E-state index contributed by atoms with van der Waals surface area (Å²) >= 11 is 0. The zero-order chi connectivity index (χ0) is 16.0. The molecule has 0 saturated heterocycles. The van der Waals surface area contributed by atoms with Crippen LogP contribution in [0.15, 0.2) is 12.1 Å². The van der Waals surface area contributed by atoms with Crippen molar-refractivity contribution in [1.29, 1.82) is 0 Å². The van der Waals surface area contributed by atoms with Crippen LogP contribution in [0.3, 0.4) is 0 Å². The molecule has 0 aliphatic carbocycles. The second-order valence-electron chi connectivity index (χ2n) is 4.59. The zero-order valence-corrected chi connectivity index (χ0v) is 11.6. The van der Waals surface area contributed by atoms with Crippen molar-refractivity contribution in [2.45, 2.75) is 19.3 Å². The van der Waals surface area contributed by atoms with Crippen LogP contribution in [-0.4, -0.2) is 41.3 Å². The second kappa shape index (κ2) is 7.53.